The topological polar surface area (TPSA) is 94.1 Å². The molecule has 7 nitrogen and oxygen atoms in total. The lowest BCUT2D eigenvalue weighted by molar-refractivity contribution is -0.137. The third-order valence-electron chi connectivity index (χ3n) is 2.38. The first-order valence-corrected chi connectivity index (χ1v) is 4.81. The van der Waals surface area contributed by atoms with Crippen LogP contribution in [0.4, 0.5) is 5.95 Å². The van der Waals surface area contributed by atoms with E-state index in [2.05, 4.69) is 20.5 Å². The highest BCUT2D eigenvalue weighted by Gasteiger charge is 2.22. The number of anilines is 1. The van der Waals surface area contributed by atoms with E-state index in [4.69, 9.17) is 5.11 Å². The summed E-state index contributed by atoms with van der Waals surface area (Å²) in [5.41, 5.74) is 0. The van der Waals surface area contributed by atoms with Gasteiger partial charge in [-0.15, -0.1) is 0 Å². The molecular formula is C8H13N5O2. The molecule has 1 aromatic heterocycles. The fourth-order valence-corrected chi connectivity index (χ4v) is 1.72. The number of aliphatic carboxylic acids is 1. The molecule has 1 atom stereocenters. The molecule has 0 amide bonds. The van der Waals surface area contributed by atoms with E-state index in [1.165, 1.54) is 6.33 Å². The number of aromatic amines is 1. The predicted molar refractivity (Wildman–Crippen MR) is 52.6 cm³/mol. The number of carbonyl (C=O) groups is 1. The molecule has 2 heterocycles. The fourth-order valence-electron chi connectivity index (χ4n) is 1.72. The summed E-state index contributed by atoms with van der Waals surface area (Å²) in [6.07, 6.45) is 1.58. The van der Waals surface area contributed by atoms with Gasteiger partial charge in [-0.1, -0.05) is 0 Å². The second kappa shape index (κ2) is 4.26. The summed E-state index contributed by atoms with van der Waals surface area (Å²) >= 11 is 0. The smallest absolute Gasteiger partial charge is 0.304 e. The van der Waals surface area contributed by atoms with Crippen molar-refractivity contribution in [1.29, 1.82) is 0 Å². The summed E-state index contributed by atoms with van der Waals surface area (Å²) in [6.45, 7) is 2.21. The third kappa shape index (κ3) is 2.44. The Labute approximate surface area is 86.5 Å². The molecule has 1 aromatic rings. The molecule has 82 valence electrons. The Kier molecular flexibility index (Phi) is 2.82. The molecule has 15 heavy (non-hydrogen) atoms. The molecular weight excluding hydrogens is 198 g/mol. The summed E-state index contributed by atoms with van der Waals surface area (Å²) in [4.78, 5) is 16.6. The van der Waals surface area contributed by atoms with Crippen LogP contribution < -0.4 is 10.2 Å². The van der Waals surface area contributed by atoms with Gasteiger partial charge in [0.05, 0.1) is 6.42 Å². The summed E-state index contributed by atoms with van der Waals surface area (Å²) in [5.74, 6) is -0.0844. The summed E-state index contributed by atoms with van der Waals surface area (Å²) in [6, 6.07) is -0.0265. The second-order valence-corrected chi connectivity index (χ2v) is 3.50. The van der Waals surface area contributed by atoms with E-state index in [1.54, 1.807) is 0 Å². The highest BCUT2D eigenvalue weighted by atomic mass is 16.4. The van der Waals surface area contributed by atoms with Crippen molar-refractivity contribution in [1.82, 2.24) is 20.5 Å². The normalized spacial score (nSPS) is 21.6. The van der Waals surface area contributed by atoms with E-state index >= 15 is 0 Å². The van der Waals surface area contributed by atoms with Crippen molar-refractivity contribution in [3.8, 4) is 0 Å². The van der Waals surface area contributed by atoms with Gasteiger partial charge in [-0.05, 0) is 0 Å². The SMILES string of the molecule is O=C(O)CC1CN(c2ncn[nH]2)CCN1. The van der Waals surface area contributed by atoms with E-state index in [9.17, 15) is 4.79 Å². The van der Waals surface area contributed by atoms with Gasteiger partial charge >= 0.3 is 5.97 Å². The zero-order valence-corrected chi connectivity index (χ0v) is 8.18. The van der Waals surface area contributed by atoms with E-state index in [0.29, 0.717) is 12.5 Å². The Balaban J connectivity index is 1.95. The van der Waals surface area contributed by atoms with Crippen LogP contribution in [0.3, 0.4) is 0 Å². The van der Waals surface area contributed by atoms with Gasteiger partial charge in [-0.3, -0.25) is 4.79 Å². The van der Waals surface area contributed by atoms with Crippen LogP contribution in [0.25, 0.3) is 0 Å². The van der Waals surface area contributed by atoms with Gasteiger partial charge < -0.3 is 15.3 Å². The molecule has 0 spiro atoms. The minimum absolute atomic E-state index is 0.0265. The van der Waals surface area contributed by atoms with Crippen molar-refractivity contribution in [2.75, 3.05) is 24.5 Å². The van der Waals surface area contributed by atoms with Crippen LogP contribution in [-0.4, -0.2) is 51.9 Å². The number of nitrogens with one attached hydrogen (secondary N) is 2. The van der Waals surface area contributed by atoms with E-state index in [-0.39, 0.29) is 12.5 Å². The lowest BCUT2D eigenvalue weighted by atomic mass is 10.1. The number of hydrogen-bond acceptors (Lipinski definition) is 5. The Bertz CT molecular complexity index is 326. The van der Waals surface area contributed by atoms with Crippen LogP contribution in [0.2, 0.25) is 0 Å². The lowest BCUT2D eigenvalue weighted by Gasteiger charge is -2.32. The standard InChI is InChI=1S/C8H13N5O2/c14-7(15)3-6-4-13(2-1-9-6)8-10-5-11-12-8/h5-6,9H,1-4H2,(H,14,15)(H,10,11,12). The first-order valence-electron chi connectivity index (χ1n) is 4.81. The van der Waals surface area contributed by atoms with Crippen molar-refractivity contribution < 1.29 is 9.90 Å². The fraction of sp³-hybridized carbons (Fsp3) is 0.625. The average Bonchev–Trinajstić information content (AvgIpc) is 2.69. The molecule has 0 radical (unpaired) electrons. The van der Waals surface area contributed by atoms with Gasteiger partial charge in [-0.25, -0.2) is 5.10 Å². The van der Waals surface area contributed by atoms with Crippen LogP contribution in [0, 0.1) is 0 Å². The van der Waals surface area contributed by atoms with Gasteiger partial charge in [0.15, 0.2) is 0 Å². The molecule has 1 aliphatic heterocycles. The molecule has 0 bridgehead atoms. The lowest BCUT2D eigenvalue weighted by Crippen LogP contribution is -2.51. The predicted octanol–water partition coefficient (Wildman–Crippen LogP) is -0.942. The highest BCUT2D eigenvalue weighted by Crippen LogP contribution is 2.09. The van der Waals surface area contributed by atoms with Crippen molar-refractivity contribution in [2.45, 2.75) is 12.5 Å². The Morgan fingerprint density at radius 3 is 3.27 bits per heavy atom. The van der Waals surface area contributed by atoms with Crippen molar-refractivity contribution in [3.05, 3.63) is 6.33 Å². The van der Waals surface area contributed by atoms with Crippen LogP contribution in [-0.2, 0) is 4.79 Å². The van der Waals surface area contributed by atoms with Gasteiger partial charge in [0.2, 0.25) is 5.95 Å². The first kappa shape index (κ1) is 9.91. The van der Waals surface area contributed by atoms with Gasteiger partial charge in [0.1, 0.15) is 6.33 Å². The zero-order chi connectivity index (χ0) is 10.7. The summed E-state index contributed by atoms with van der Waals surface area (Å²) in [5, 5.41) is 18.4. The molecule has 7 heteroatoms. The van der Waals surface area contributed by atoms with E-state index < -0.39 is 5.97 Å². The van der Waals surface area contributed by atoms with Crippen LogP contribution >= 0.6 is 0 Å². The van der Waals surface area contributed by atoms with Crippen molar-refractivity contribution in [2.24, 2.45) is 0 Å². The van der Waals surface area contributed by atoms with E-state index in [0.717, 1.165) is 13.1 Å². The van der Waals surface area contributed by atoms with E-state index in [1.807, 2.05) is 4.90 Å². The Morgan fingerprint density at radius 2 is 2.60 bits per heavy atom. The number of nitrogens with zero attached hydrogens (tertiary/aromatic N) is 3. The third-order valence-corrected chi connectivity index (χ3v) is 2.38. The van der Waals surface area contributed by atoms with Crippen LogP contribution in [0.15, 0.2) is 6.33 Å². The number of aromatic nitrogens is 3. The maximum absolute atomic E-state index is 10.6. The number of H-pyrrole nitrogens is 1. The highest BCUT2D eigenvalue weighted by molar-refractivity contribution is 5.67. The molecule has 1 aliphatic rings. The van der Waals surface area contributed by atoms with Crippen molar-refractivity contribution in [3.63, 3.8) is 0 Å². The molecule has 1 fully saturated rings. The largest absolute Gasteiger partial charge is 0.481 e. The van der Waals surface area contributed by atoms with Gasteiger partial charge in [0, 0.05) is 25.7 Å². The maximum Gasteiger partial charge on any atom is 0.304 e. The van der Waals surface area contributed by atoms with Gasteiger partial charge in [0.25, 0.3) is 0 Å². The van der Waals surface area contributed by atoms with Crippen LogP contribution in [0.5, 0.6) is 0 Å². The quantitative estimate of drug-likeness (QED) is 0.597. The Hall–Kier alpha value is -1.63. The average molecular weight is 211 g/mol. The molecule has 1 unspecified atom stereocenters. The number of piperazine rings is 1. The summed E-state index contributed by atoms with van der Waals surface area (Å²) < 4.78 is 0. The van der Waals surface area contributed by atoms with Crippen molar-refractivity contribution >= 4 is 11.9 Å². The molecule has 2 rings (SSSR count). The molecule has 3 N–H and O–H groups in total. The minimum Gasteiger partial charge on any atom is -0.481 e. The number of hydrogen-bond donors (Lipinski definition) is 3. The maximum atomic E-state index is 10.6. The van der Waals surface area contributed by atoms with Gasteiger partial charge in [-0.2, -0.15) is 10.1 Å². The minimum atomic E-state index is -0.785. The summed E-state index contributed by atoms with van der Waals surface area (Å²) in [7, 11) is 0. The molecule has 0 saturated carbocycles. The van der Waals surface area contributed by atoms with Crippen LogP contribution in [0.1, 0.15) is 6.42 Å². The number of carboxylic acid groups (broad SMARTS) is 1. The monoisotopic (exact) mass is 211 g/mol. The molecule has 1 saturated heterocycles. The number of carboxylic acids is 1. The second-order valence-electron chi connectivity index (χ2n) is 3.50. The molecule has 0 aliphatic carbocycles. The zero-order valence-electron chi connectivity index (χ0n) is 8.18. The first-order chi connectivity index (χ1) is 7.25. The number of rotatable bonds is 3. The Morgan fingerprint density at radius 1 is 1.73 bits per heavy atom. The molecule has 0 aromatic carbocycles.